The van der Waals surface area contributed by atoms with Gasteiger partial charge in [-0.15, -0.1) is 0 Å². The fourth-order valence-electron chi connectivity index (χ4n) is 2.26. The Bertz CT molecular complexity index is 539. The number of carbonyl (C=O) groups excluding carboxylic acids is 2. The summed E-state index contributed by atoms with van der Waals surface area (Å²) in [5.41, 5.74) is -1.27. The lowest BCUT2D eigenvalue weighted by molar-refractivity contribution is -0.160. The molecule has 1 aliphatic heterocycles. The fourth-order valence-corrected chi connectivity index (χ4v) is 2.26. The quantitative estimate of drug-likeness (QED) is 0.480. The maximum absolute atomic E-state index is 12.3. The van der Waals surface area contributed by atoms with E-state index in [0.717, 1.165) is 0 Å². The van der Waals surface area contributed by atoms with Gasteiger partial charge in [-0.25, -0.2) is 4.79 Å². The zero-order valence-electron chi connectivity index (χ0n) is 11.4. The van der Waals surface area contributed by atoms with Crippen LogP contribution in [0.5, 0.6) is 5.75 Å². The molecule has 1 aromatic carbocycles. The van der Waals surface area contributed by atoms with Crippen LogP contribution in [0.15, 0.2) is 24.3 Å². The van der Waals surface area contributed by atoms with Gasteiger partial charge in [-0.05, 0) is 17.7 Å². The van der Waals surface area contributed by atoms with E-state index in [1.807, 2.05) is 0 Å². The lowest BCUT2D eigenvalue weighted by Crippen LogP contribution is -2.48. The predicted octanol–water partition coefficient (Wildman–Crippen LogP) is -0.832. The van der Waals surface area contributed by atoms with Crippen molar-refractivity contribution in [3.8, 4) is 5.75 Å². The monoisotopic (exact) mass is 296 g/mol. The first-order chi connectivity index (χ1) is 9.94. The topological polar surface area (TPSA) is 113 Å². The number of esters is 1. The number of phenolic OH excluding ortho intramolecular Hbond substituents is 1. The van der Waals surface area contributed by atoms with Gasteiger partial charge in [0.15, 0.2) is 6.10 Å². The first kappa shape index (κ1) is 15.4. The van der Waals surface area contributed by atoms with E-state index < -0.39 is 36.2 Å². The van der Waals surface area contributed by atoms with Crippen LogP contribution in [0, 0.1) is 0 Å². The van der Waals surface area contributed by atoms with Gasteiger partial charge in [0.05, 0.1) is 6.61 Å². The fraction of sp³-hybridized carbons (Fsp3) is 0.429. The number of phenols is 1. The molecular weight excluding hydrogens is 280 g/mol. The van der Waals surface area contributed by atoms with E-state index in [1.54, 1.807) is 12.1 Å². The Labute approximate surface area is 120 Å². The number of hydrogen-bond donors (Lipinski definition) is 3. The van der Waals surface area contributed by atoms with Gasteiger partial charge >= 0.3 is 5.97 Å². The highest BCUT2D eigenvalue weighted by Gasteiger charge is 2.59. The standard InChI is InChI=1S/C14H16O7/c1-20-14(6-8-2-4-9(16)5-3-8)12(18)11(10(17)7-15)21-13(14)19/h2-5,10-11,15-17H,6-7H2,1H3/t10-,11+,14-/m0/s1. The summed E-state index contributed by atoms with van der Waals surface area (Å²) in [5.74, 6) is -1.58. The minimum Gasteiger partial charge on any atom is -0.508 e. The van der Waals surface area contributed by atoms with Crippen molar-refractivity contribution >= 4 is 11.8 Å². The largest absolute Gasteiger partial charge is 0.508 e. The molecule has 1 fully saturated rings. The summed E-state index contributed by atoms with van der Waals surface area (Å²) in [6, 6.07) is 5.94. The van der Waals surface area contributed by atoms with Crippen LogP contribution in [0.4, 0.5) is 0 Å². The van der Waals surface area contributed by atoms with Crippen molar-refractivity contribution in [1.29, 1.82) is 0 Å². The molecule has 0 aliphatic carbocycles. The molecule has 21 heavy (non-hydrogen) atoms. The molecule has 7 heteroatoms. The van der Waals surface area contributed by atoms with Crippen molar-refractivity contribution in [3.63, 3.8) is 0 Å². The van der Waals surface area contributed by atoms with E-state index >= 15 is 0 Å². The second-order valence-corrected chi connectivity index (χ2v) is 4.81. The smallest absolute Gasteiger partial charge is 0.347 e. The van der Waals surface area contributed by atoms with Crippen LogP contribution in [-0.4, -0.2) is 58.6 Å². The third-order valence-electron chi connectivity index (χ3n) is 3.49. The number of benzene rings is 1. The van der Waals surface area contributed by atoms with Crippen LogP contribution >= 0.6 is 0 Å². The minimum atomic E-state index is -1.85. The summed E-state index contributed by atoms with van der Waals surface area (Å²) >= 11 is 0. The Hall–Kier alpha value is -1.96. The van der Waals surface area contributed by atoms with Gasteiger partial charge in [0.1, 0.15) is 11.9 Å². The number of cyclic esters (lactones) is 1. The SMILES string of the molecule is CO[C@]1(Cc2ccc(O)cc2)C(=O)O[C@H]([C@@H](O)CO)C1=O. The summed E-state index contributed by atoms with van der Waals surface area (Å²) < 4.78 is 9.96. The highest BCUT2D eigenvalue weighted by Crippen LogP contribution is 2.31. The number of carbonyl (C=O) groups is 2. The molecule has 1 heterocycles. The molecule has 1 aliphatic rings. The number of ketones is 1. The first-order valence-electron chi connectivity index (χ1n) is 6.32. The number of Topliss-reactive ketones (excluding diaryl/α,β-unsaturated/α-hetero) is 1. The third kappa shape index (κ3) is 2.63. The van der Waals surface area contributed by atoms with Crippen LogP contribution in [0.25, 0.3) is 0 Å². The van der Waals surface area contributed by atoms with Crippen LogP contribution in [0.2, 0.25) is 0 Å². The van der Waals surface area contributed by atoms with Crippen molar-refractivity contribution in [1.82, 2.24) is 0 Å². The van der Waals surface area contributed by atoms with Crippen molar-refractivity contribution in [2.75, 3.05) is 13.7 Å². The van der Waals surface area contributed by atoms with Gasteiger partial charge < -0.3 is 24.8 Å². The number of methoxy groups -OCH3 is 1. The Morgan fingerprint density at radius 3 is 2.48 bits per heavy atom. The number of ether oxygens (including phenoxy) is 2. The second-order valence-electron chi connectivity index (χ2n) is 4.81. The van der Waals surface area contributed by atoms with Gasteiger partial charge in [-0.3, -0.25) is 4.79 Å². The zero-order valence-corrected chi connectivity index (χ0v) is 11.4. The molecule has 2 rings (SSSR count). The number of rotatable bonds is 5. The van der Waals surface area contributed by atoms with Crippen molar-refractivity contribution in [2.24, 2.45) is 0 Å². The third-order valence-corrected chi connectivity index (χ3v) is 3.49. The Morgan fingerprint density at radius 2 is 1.95 bits per heavy atom. The number of aliphatic hydroxyl groups excluding tert-OH is 2. The Morgan fingerprint density at radius 1 is 1.33 bits per heavy atom. The number of aromatic hydroxyl groups is 1. The summed E-state index contributed by atoms with van der Waals surface area (Å²) in [6.07, 6.45) is -3.02. The van der Waals surface area contributed by atoms with Crippen molar-refractivity contribution in [3.05, 3.63) is 29.8 Å². The second kappa shape index (κ2) is 5.80. The van der Waals surface area contributed by atoms with Gasteiger partial charge in [-0.2, -0.15) is 0 Å². The summed E-state index contributed by atoms with van der Waals surface area (Å²) in [6.45, 7) is -0.706. The Kier molecular flexibility index (Phi) is 4.26. The molecule has 0 radical (unpaired) electrons. The molecule has 1 saturated heterocycles. The van der Waals surface area contributed by atoms with Crippen molar-refractivity contribution in [2.45, 2.75) is 24.2 Å². The van der Waals surface area contributed by atoms with E-state index in [1.165, 1.54) is 19.2 Å². The van der Waals surface area contributed by atoms with Crippen molar-refractivity contribution < 1.29 is 34.4 Å². The molecule has 0 aromatic heterocycles. The average Bonchev–Trinajstić information content (AvgIpc) is 2.73. The van der Waals surface area contributed by atoms with E-state index in [0.29, 0.717) is 5.56 Å². The molecule has 0 amide bonds. The molecule has 1 aromatic rings. The highest BCUT2D eigenvalue weighted by atomic mass is 16.6. The molecule has 114 valence electrons. The van der Waals surface area contributed by atoms with Gasteiger partial charge in [0.25, 0.3) is 0 Å². The van der Waals surface area contributed by atoms with Gasteiger partial charge in [0.2, 0.25) is 11.4 Å². The minimum absolute atomic E-state index is 0.0547. The lowest BCUT2D eigenvalue weighted by Gasteiger charge is -2.22. The normalized spacial score (nSPS) is 26.7. The average molecular weight is 296 g/mol. The molecule has 3 atom stereocenters. The summed E-state index contributed by atoms with van der Waals surface area (Å²) in [4.78, 5) is 24.4. The van der Waals surface area contributed by atoms with E-state index in [-0.39, 0.29) is 12.2 Å². The lowest BCUT2D eigenvalue weighted by atomic mass is 9.88. The maximum Gasteiger partial charge on any atom is 0.347 e. The summed E-state index contributed by atoms with van der Waals surface area (Å²) in [5, 5.41) is 27.7. The molecular formula is C14H16O7. The van der Waals surface area contributed by atoms with Crippen LogP contribution in [-0.2, 0) is 25.5 Å². The molecule has 0 spiro atoms. The van der Waals surface area contributed by atoms with Crippen LogP contribution in [0.1, 0.15) is 5.56 Å². The molecule has 3 N–H and O–H groups in total. The zero-order chi connectivity index (χ0) is 15.6. The van der Waals surface area contributed by atoms with E-state index in [2.05, 4.69) is 0 Å². The molecule has 7 nitrogen and oxygen atoms in total. The van der Waals surface area contributed by atoms with Gasteiger partial charge in [-0.1, -0.05) is 12.1 Å². The first-order valence-corrected chi connectivity index (χ1v) is 6.32. The molecule has 0 bridgehead atoms. The highest BCUT2D eigenvalue weighted by molar-refractivity contribution is 6.14. The summed E-state index contributed by atoms with van der Waals surface area (Å²) in [7, 11) is 1.20. The van der Waals surface area contributed by atoms with Gasteiger partial charge in [0, 0.05) is 13.5 Å². The number of aliphatic hydroxyl groups is 2. The number of hydrogen-bond acceptors (Lipinski definition) is 7. The Balaban J connectivity index is 2.30. The van der Waals surface area contributed by atoms with Crippen LogP contribution < -0.4 is 0 Å². The van der Waals surface area contributed by atoms with Crippen LogP contribution in [0.3, 0.4) is 0 Å². The van der Waals surface area contributed by atoms with E-state index in [4.69, 9.17) is 14.6 Å². The molecule has 0 saturated carbocycles. The van der Waals surface area contributed by atoms with E-state index in [9.17, 15) is 19.8 Å². The maximum atomic E-state index is 12.3. The predicted molar refractivity (Wildman–Crippen MR) is 69.5 cm³/mol. The molecule has 0 unspecified atom stereocenters.